The lowest BCUT2D eigenvalue weighted by Gasteiger charge is -2.05. The number of nitrogens with zero attached hydrogens (tertiary/aromatic N) is 1. The molecule has 0 aliphatic heterocycles. The van der Waals surface area contributed by atoms with Crippen LogP contribution in [0.5, 0.6) is 0 Å². The van der Waals surface area contributed by atoms with E-state index in [1.165, 1.54) is 18.5 Å². The van der Waals surface area contributed by atoms with E-state index in [-0.39, 0.29) is 26.9 Å². The zero-order valence-electron chi connectivity index (χ0n) is 7.80. The normalized spacial score (nSPS) is 10.4. The molecule has 1 N–H and O–H groups in total. The molecule has 82 valence electrons. The first-order valence-corrected chi connectivity index (χ1v) is 5.04. The number of halogens is 3. The number of hydrogen-bond donors (Lipinski definition) is 1. The van der Waals surface area contributed by atoms with Crippen molar-refractivity contribution in [1.82, 2.24) is 9.97 Å². The van der Waals surface area contributed by atoms with Crippen LogP contribution in [0.15, 0.2) is 29.3 Å². The number of hydrogen-bond acceptors (Lipinski definition) is 2. The van der Waals surface area contributed by atoms with Crippen molar-refractivity contribution in [3.05, 3.63) is 50.7 Å². The number of aromatic amines is 1. The number of rotatable bonds is 1. The maximum atomic E-state index is 13.7. The van der Waals surface area contributed by atoms with E-state index in [0.29, 0.717) is 0 Å². The van der Waals surface area contributed by atoms with Gasteiger partial charge in [0, 0.05) is 6.07 Å². The summed E-state index contributed by atoms with van der Waals surface area (Å²) in [4.78, 5) is 17.2. The van der Waals surface area contributed by atoms with E-state index in [1.54, 1.807) is 0 Å². The van der Waals surface area contributed by atoms with E-state index in [9.17, 15) is 9.18 Å². The summed E-state index contributed by atoms with van der Waals surface area (Å²) in [5, 5.41) is 0.0847. The average molecular weight is 259 g/mol. The molecule has 0 saturated heterocycles. The Hall–Kier alpha value is -1.39. The van der Waals surface area contributed by atoms with Crippen molar-refractivity contribution in [1.29, 1.82) is 0 Å². The Morgan fingerprint density at radius 1 is 1.25 bits per heavy atom. The molecule has 1 aromatic carbocycles. The molecule has 0 spiro atoms. The summed E-state index contributed by atoms with van der Waals surface area (Å²) in [7, 11) is 0. The van der Waals surface area contributed by atoms with Gasteiger partial charge in [-0.15, -0.1) is 0 Å². The Morgan fingerprint density at radius 2 is 1.94 bits per heavy atom. The summed E-state index contributed by atoms with van der Waals surface area (Å²) < 4.78 is 13.7. The van der Waals surface area contributed by atoms with E-state index < -0.39 is 5.82 Å². The van der Waals surface area contributed by atoms with Gasteiger partial charge in [-0.1, -0.05) is 23.2 Å². The van der Waals surface area contributed by atoms with Crippen molar-refractivity contribution >= 4 is 23.2 Å². The Labute approximate surface area is 99.9 Å². The Balaban J connectivity index is 2.73. The van der Waals surface area contributed by atoms with Gasteiger partial charge in [0.2, 0.25) is 0 Å². The van der Waals surface area contributed by atoms with Crippen molar-refractivity contribution in [3.8, 4) is 11.3 Å². The van der Waals surface area contributed by atoms with Gasteiger partial charge in [0.15, 0.2) is 5.82 Å². The van der Waals surface area contributed by atoms with Crippen molar-refractivity contribution in [2.45, 2.75) is 0 Å². The predicted octanol–water partition coefficient (Wildman–Crippen LogP) is 2.88. The second-order valence-corrected chi connectivity index (χ2v) is 3.83. The molecule has 0 aliphatic rings. The highest BCUT2D eigenvalue weighted by Crippen LogP contribution is 2.32. The molecule has 0 unspecified atom stereocenters. The molecule has 1 heterocycles. The summed E-state index contributed by atoms with van der Waals surface area (Å²) in [5.74, 6) is -0.688. The monoisotopic (exact) mass is 258 g/mol. The fourth-order valence-electron chi connectivity index (χ4n) is 1.27. The number of nitrogens with one attached hydrogen (secondary N) is 1. The Bertz CT molecular complexity index is 598. The van der Waals surface area contributed by atoms with Gasteiger partial charge in [-0.2, -0.15) is 0 Å². The average Bonchev–Trinajstić information content (AvgIpc) is 2.24. The molecule has 0 amide bonds. The minimum absolute atomic E-state index is 0.0280. The summed E-state index contributed by atoms with van der Waals surface area (Å²) in [6.45, 7) is 0. The third kappa shape index (κ3) is 1.94. The van der Waals surface area contributed by atoms with E-state index in [1.807, 2.05) is 0 Å². The van der Waals surface area contributed by atoms with E-state index in [2.05, 4.69) is 9.97 Å². The first kappa shape index (κ1) is 11.1. The van der Waals surface area contributed by atoms with Gasteiger partial charge in [-0.05, 0) is 12.1 Å². The minimum atomic E-state index is -0.688. The van der Waals surface area contributed by atoms with Crippen LogP contribution in [-0.2, 0) is 0 Å². The van der Waals surface area contributed by atoms with Crippen molar-refractivity contribution in [3.63, 3.8) is 0 Å². The lowest BCUT2D eigenvalue weighted by Crippen LogP contribution is -2.05. The fourth-order valence-corrected chi connectivity index (χ4v) is 1.67. The van der Waals surface area contributed by atoms with Gasteiger partial charge in [0.1, 0.15) is 0 Å². The van der Waals surface area contributed by atoms with Gasteiger partial charge in [0.25, 0.3) is 5.56 Å². The molecule has 0 aliphatic carbocycles. The highest BCUT2D eigenvalue weighted by Gasteiger charge is 2.14. The summed E-state index contributed by atoms with van der Waals surface area (Å²) >= 11 is 11.5. The number of H-pyrrole nitrogens is 1. The largest absolute Gasteiger partial charge is 0.313 e. The van der Waals surface area contributed by atoms with Crippen LogP contribution >= 0.6 is 23.2 Å². The number of benzene rings is 1. The smallest absolute Gasteiger partial charge is 0.251 e. The highest BCUT2D eigenvalue weighted by molar-refractivity contribution is 6.35. The van der Waals surface area contributed by atoms with E-state index >= 15 is 0 Å². The van der Waals surface area contributed by atoms with Gasteiger partial charge < -0.3 is 4.98 Å². The predicted molar refractivity (Wildman–Crippen MR) is 60.3 cm³/mol. The molecule has 2 aromatic rings. The summed E-state index contributed by atoms with van der Waals surface area (Å²) in [6, 6.07) is 3.95. The summed E-state index contributed by atoms with van der Waals surface area (Å²) in [6.07, 6.45) is 1.17. The standard InChI is InChI=1S/C10H5Cl2FN2O/c11-5-1-2-6(12)10(13)9(5)7-3-8(16)15-4-14-7/h1-4H,(H,14,15,16). The second-order valence-electron chi connectivity index (χ2n) is 3.01. The third-order valence-electron chi connectivity index (χ3n) is 1.98. The molecule has 6 heteroatoms. The van der Waals surface area contributed by atoms with Gasteiger partial charge in [-0.3, -0.25) is 4.79 Å². The minimum Gasteiger partial charge on any atom is -0.313 e. The van der Waals surface area contributed by atoms with Crippen LogP contribution in [0.2, 0.25) is 10.0 Å². The molecule has 3 nitrogen and oxygen atoms in total. The van der Waals surface area contributed by atoms with Crippen LogP contribution in [0, 0.1) is 5.82 Å². The van der Waals surface area contributed by atoms with Crippen LogP contribution in [0.25, 0.3) is 11.3 Å². The molecule has 1 aromatic heterocycles. The van der Waals surface area contributed by atoms with Gasteiger partial charge in [-0.25, -0.2) is 9.37 Å². The van der Waals surface area contributed by atoms with Crippen LogP contribution in [-0.4, -0.2) is 9.97 Å². The molecule has 0 saturated carbocycles. The maximum Gasteiger partial charge on any atom is 0.251 e. The first-order valence-electron chi connectivity index (χ1n) is 4.28. The molecule has 2 rings (SSSR count). The van der Waals surface area contributed by atoms with Crippen molar-refractivity contribution in [2.24, 2.45) is 0 Å². The molecule has 0 radical (unpaired) electrons. The topological polar surface area (TPSA) is 45.8 Å². The van der Waals surface area contributed by atoms with Gasteiger partial charge in [0.05, 0.1) is 27.6 Å². The van der Waals surface area contributed by atoms with E-state index in [0.717, 1.165) is 6.07 Å². The summed E-state index contributed by atoms with van der Waals surface area (Å²) in [5.41, 5.74) is -0.213. The second kappa shape index (κ2) is 4.23. The molecule has 16 heavy (non-hydrogen) atoms. The highest BCUT2D eigenvalue weighted by atomic mass is 35.5. The molecular formula is C10H5Cl2FN2O. The maximum absolute atomic E-state index is 13.7. The van der Waals surface area contributed by atoms with Gasteiger partial charge >= 0.3 is 0 Å². The van der Waals surface area contributed by atoms with Crippen molar-refractivity contribution < 1.29 is 4.39 Å². The van der Waals surface area contributed by atoms with Crippen LogP contribution in [0.1, 0.15) is 0 Å². The lowest BCUT2D eigenvalue weighted by molar-refractivity contribution is 0.631. The quantitative estimate of drug-likeness (QED) is 0.800. The lowest BCUT2D eigenvalue weighted by atomic mass is 10.1. The Kier molecular flexibility index (Phi) is 2.94. The molecular weight excluding hydrogens is 254 g/mol. The van der Waals surface area contributed by atoms with Crippen LogP contribution in [0.4, 0.5) is 4.39 Å². The SMILES string of the molecule is O=c1cc(-c2c(Cl)ccc(Cl)c2F)nc[nH]1. The fraction of sp³-hybridized carbons (Fsp3) is 0. The molecule has 0 atom stereocenters. The molecule has 0 fully saturated rings. The number of aromatic nitrogens is 2. The van der Waals surface area contributed by atoms with Crippen molar-refractivity contribution in [2.75, 3.05) is 0 Å². The van der Waals surface area contributed by atoms with Crippen LogP contribution < -0.4 is 5.56 Å². The third-order valence-corrected chi connectivity index (χ3v) is 2.59. The van der Waals surface area contributed by atoms with Crippen LogP contribution in [0.3, 0.4) is 0 Å². The van der Waals surface area contributed by atoms with E-state index in [4.69, 9.17) is 23.2 Å². The zero-order chi connectivity index (χ0) is 11.7. The Morgan fingerprint density at radius 3 is 2.62 bits per heavy atom. The first-order chi connectivity index (χ1) is 7.59. The molecule has 0 bridgehead atoms. The zero-order valence-corrected chi connectivity index (χ0v) is 9.31.